The van der Waals surface area contributed by atoms with E-state index in [4.69, 9.17) is 10.5 Å². The molecule has 0 heterocycles. The second kappa shape index (κ2) is 7.95. The van der Waals surface area contributed by atoms with E-state index in [0.29, 0.717) is 13.0 Å². The summed E-state index contributed by atoms with van der Waals surface area (Å²) in [5.41, 5.74) is 6.65. The minimum Gasteiger partial charge on any atom is -0.497 e. The number of carbonyl (C=O) groups is 1. The van der Waals surface area contributed by atoms with Crippen molar-refractivity contribution in [3.63, 3.8) is 0 Å². The highest BCUT2D eigenvalue weighted by Crippen LogP contribution is 2.14. The molecule has 1 rings (SSSR count). The number of methoxy groups -OCH3 is 1. The van der Waals surface area contributed by atoms with Gasteiger partial charge >= 0.3 is 0 Å². The number of nitrogens with zero attached hydrogens (tertiary/aromatic N) is 1. The zero-order valence-corrected chi connectivity index (χ0v) is 11.9. The molecule has 18 heavy (non-hydrogen) atoms. The molecule has 102 valence electrons. The Morgan fingerprint density at radius 3 is 2.72 bits per heavy atom. The normalized spacial score (nSPS) is 11.3. The summed E-state index contributed by atoms with van der Waals surface area (Å²) in [5, 5.41) is 0. The number of carbonyl (C=O) groups excluding carboxylic acids is 1. The first kappa shape index (κ1) is 16.7. The lowest BCUT2D eigenvalue weighted by Crippen LogP contribution is -2.31. The van der Waals surface area contributed by atoms with Crippen molar-refractivity contribution in [2.24, 2.45) is 5.73 Å². The standard InChI is InChI=1S/C13H20N2O2.ClH/c1-10(14)7-13(16)15(2)9-11-5-4-6-12(8-11)17-3;/h4-6,8,10H,7,9,14H2,1-3H3;1H. The van der Waals surface area contributed by atoms with Crippen LogP contribution in [0.15, 0.2) is 24.3 Å². The molecule has 0 saturated carbocycles. The summed E-state index contributed by atoms with van der Waals surface area (Å²) in [6, 6.07) is 7.59. The molecule has 2 N–H and O–H groups in total. The van der Waals surface area contributed by atoms with Crippen LogP contribution in [0.4, 0.5) is 0 Å². The van der Waals surface area contributed by atoms with E-state index in [1.807, 2.05) is 31.2 Å². The van der Waals surface area contributed by atoms with E-state index in [2.05, 4.69) is 0 Å². The molecule has 5 heteroatoms. The van der Waals surface area contributed by atoms with Gasteiger partial charge in [-0.25, -0.2) is 0 Å². The van der Waals surface area contributed by atoms with E-state index >= 15 is 0 Å². The number of ether oxygens (including phenoxy) is 1. The zero-order valence-electron chi connectivity index (χ0n) is 11.1. The molecule has 4 nitrogen and oxygen atoms in total. The lowest BCUT2D eigenvalue weighted by atomic mass is 10.2. The maximum absolute atomic E-state index is 11.7. The van der Waals surface area contributed by atoms with Crippen molar-refractivity contribution < 1.29 is 9.53 Å². The van der Waals surface area contributed by atoms with E-state index in [9.17, 15) is 4.79 Å². The Labute approximate surface area is 115 Å². The van der Waals surface area contributed by atoms with Crippen molar-refractivity contribution in [1.82, 2.24) is 4.90 Å². The number of amides is 1. The maximum Gasteiger partial charge on any atom is 0.224 e. The van der Waals surface area contributed by atoms with Gasteiger partial charge in [-0.2, -0.15) is 0 Å². The van der Waals surface area contributed by atoms with Gasteiger partial charge in [0.05, 0.1) is 7.11 Å². The van der Waals surface area contributed by atoms with E-state index in [1.165, 1.54) is 0 Å². The average Bonchev–Trinajstić information content (AvgIpc) is 2.28. The van der Waals surface area contributed by atoms with Gasteiger partial charge in [0.25, 0.3) is 0 Å². The third-order valence-corrected chi connectivity index (χ3v) is 2.48. The number of nitrogens with two attached hydrogens (primary N) is 1. The third-order valence-electron chi connectivity index (χ3n) is 2.48. The molecule has 1 amide bonds. The molecular formula is C13H21ClN2O2. The van der Waals surface area contributed by atoms with E-state index in [-0.39, 0.29) is 24.4 Å². The number of benzene rings is 1. The highest BCUT2D eigenvalue weighted by molar-refractivity contribution is 5.85. The molecule has 1 aromatic carbocycles. The van der Waals surface area contributed by atoms with Crippen LogP contribution in [0.3, 0.4) is 0 Å². The monoisotopic (exact) mass is 272 g/mol. The largest absolute Gasteiger partial charge is 0.497 e. The van der Waals surface area contributed by atoms with Gasteiger partial charge in [0.1, 0.15) is 5.75 Å². The predicted octanol–water partition coefficient (Wildman–Crippen LogP) is 1.81. The highest BCUT2D eigenvalue weighted by atomic mass is 35.5. The number of hydrogen-bond donors (Lipinski definition) is 1. The van der Waals surface area contributed by atoms with E-state index < -0.39 is 0 Å². The number of halogens is 1. The van der Waals surface area contributed by atoms with Crippen LogP contribution in [0.5, 0.6) is 5.75 Å². The first-order valence-electron chi connectivity index (χ1n) is 5.65. The molecule has 0 bridgehead atoms. The molecule has 0 aliphatic heterocycles. The molecule has 1 unspecified atom stereocenters. The lowest BCUT2D eigenvalue weighted by molar-refractivity contribution is -0.130. The summed E-state index contributed by atoms with van der Waals surface area (Å²) >= 11 is 0. The summed E-state index contributed by atoms with van der Waals surface area (Å²) in [4.78, 5) is 13.4. The van der Waals surface area contributed by atoms with Crippen molar-refractivity contribution in [2.45, 2.75) is 25.9 Å². The third kappa shape index (κ3) is 5.38. The van der Waals surface area contributed by atoms with Crippen molar-refractivity contribution in [3.8, 4) is 5.75 Å². The minimum atomic E-state index is -0.102. The van der Waals surface area contributed by atoms with Gasteiger partial charge in [0.15, 0.2) is 0 Å². The van der Waals surface area contributed by atoms with Crippen LogP contribution in [-0.2, 0) is 11.3 Å². The molecule has 1 aromatic rings. The first-order valence-corrected chi connectivity index (χ1v) is 5.65. The Kier molecular flexibility index (Phi) is 7.39. The molecule has 0 aliphatic rings. The lowest BCUT2D eigenvalue weighted by Gasteiger charge is -2.18. The van der Waals surface area contributed by atoms with Crippen molar-refractivity contribution >= 4 is 18.3 Å². The van der Waals surface area contributed by atoms with Crippen LogP contribution in [0, 0.1) is 0 Å². The van der Waals surface area contributed by atoms with Gasteiger partial charge in [0.2, 0.25) is 5.91 Å². The molecule has 0 spiro atoms. The molecule has 0 aromatic heterocycles. The second-order valence-corrected chi connectivity index (χ2v) is 4.28. The number of rotatable bonds is 5. The fourth-order valence-corrected chi connectivity index (χ4v) is 1.56. The van der Waals surface area contributed by atoms with Crippen LogP contribution in [0.2, 0.25) is 0 Å². The summed E-state index contributed by atoms with van der Waals surface area (Å²) in [6.07, 6.45) is 0.375. The van der Waals surface area contributed by atoms with Crippen LogP contribution >= 0.6 is 12.4 Å². The molecule has 0 aliphatic carbocycles. The van der Waals surface area contributed by atoms with Gasteiger partial charge in [-0.15, -0.1) is 12.4 Å². The van der Waals surface area contributed by atoms with Crippen LogP contribution in [0.25, 0.3) is 0 Å². The van der Waals surface area contributed by atoms with Gasteiger partial charge in [-0.05, 0) is 24.6 Å². The first-order chi connectivity index (χ1) is 8.02. The number of hydrogen-bond acceptors (Lipinski definition) is 3. The quantitative estimate of drug-likeness (QED) is 0.889. The highest BCUT2D eigenvalue weighted by Gasteiger charge is 2.11. The van der Waals surface area contributed by atoms with Crippen LogP contribution in [-0.4, -0.2) is 31.0 Å². The smallest absolute Gasteiger partial charge is 0.224 e. The van der Waals surface area contributed by atoms with Gasteiger partial charge < -0.3 is 15.4 Å². The summed E-state index contributed by atoms with van der Waals surface area (Å²) in [6.45, 7) is 2.40. The van der Waals surface area contributed by atoms with Gasteiger partial charge in [-0.3, -0.25) is 4.79 Å². The summed E-state index contributed by atoms with van der Waals surface area (Å²) < 4.78 is 5.14. The molecular weight excluding hydrogens is 252 g/mol. The molecule has 0 radical (unpaired) electrons. The predicted molar refractivity (Wildman–Crippen MR) is 75.0 cm³/mol. The van der Waals surface area contributed by atoms with Crippen molar-refractivity contribution in [2.75, 3.05) is 14.2 Å². The van der Waals surface area contributed by atoms with Crippen LogP contribution in [0.1, 0.15) is 18.9 Å². The Morgan fingerprint density at radius 1 is 1.50 bits per heavy atom. The van der Waals surface area contributed by atoms with E-state index in [0.717, 1.165) is 11.3 Å². The van der Waals surface area contributed by atoms with Crippen LogP contribution < -0.4 is 10.5 Å². The Hall–Kier alpha value is -1.26. The topological polar surface area (TPSA) is 55.6 Å². The van der Waals surface area contributed by atoms with Gasteiger partial charge in [-0.1, -0.05) is 12.1 Å². The SMILES string of the molecule is COc1cccc(CN(C)C(=O)CC(C)N)c1.Cl. The van der Waals surface area contributed by atoms with Crippen molar-refractivity contribution in [1.29, 1.82) is 0 Å². The molecule has 0 saturated heterocycles. The summed E-state index contributed by atoms with van der Waals surface area (Å²) in [7, 11) is 3.41. The Balaban J connectivity index is 0.00000289. The maximum atomic E-state index is 11.7. The Bertz CT molecular complexity index is 383. The fourth-order valence-electron chi connectivity index (χ4n) is 1.56. The summed E-state index contributed by atoms with van der Waals surface area (Å²) in [5.74, 6) is 0.860. The van der Waals surface area contributed by atoms with E-state index in [1.54, 1.807) is 19.1 Å². The average molecular weight is 273 g/mol. The Morgan fingerprint density at radius 2 is 2.17 bits per heavy atom. The minimum absolute atomic E-state index is 0. The molecule has 0 fully saturated rings. The molecule has 1 atom stereocenters. The zero-order chi connectivity index (χ0) is 12.8. The van der Waals surface area contributed by atoms with Crippen molar-refractivity contribution in [3.05, 3.63) is 29.8 Å². The fraction of sp³-hybridized carbons (Fsp3) is 0.462. The van der Waals surface area contributed by atoms with Gasteiger partial charge in [0, 0.05) is 26.1 Å². The second-order valence-electron chi connectivity index (χ2n) is 4.28.